The van der Waals surface area contributed by atoms with Crippen LogP contribution in [0.1, 0.15) is 0 Å². The maximum Gasteiger partial charge on any atom is 0.259 e. The smallest absolute Gasteiger partial charge is 0.259 e. The lowest BCUT2D eigenvalue weighted by molar-refractivity contribution is 0.418. The topological polar surface area (TPSA) is 168 Å². The Morgan fingerprint density at radius 3 is 1.10 bits per heavy atom. The van der Waals surface area contributed by atoms with Gasteiger partial charge in [0.05, 0.1) is 72.1 Å². The van der Waals surface area contributed by atoms with Crippen LogP contribution in [-0.2, 0) is 0 Å². The fourth-order valence-electron chi connectivity index (χ4n) is 6.43. The minimum absolute atomic E-state index is 0.0572. The first-order chi connectivity index (χ1) is 25.3. The highest BCUT2D eigenvalue weighted by Crippen LogP contribution is 2.32. The molecule has 52 heavy (non-hydrogen) atoms. The predicted octanol–water partition coefficient (Wildman–Crippen LogP) is 6.20. The molecule has 260 valence electrons. The zero-order valence-corrected chi connectivity index (χ0v) is 28.5. The van der Waals surface area contributed by atoms with Crippen molar-refractivity contribution < 1.29 is 18.9 Å². The van der Waals surface area contributed by atoms with Gasteiger partial charge in [-0.15, -0.1) is 0 Å². The molecule has 0 aliphatic heterocycles. The summed E-state index contributed by atoms with van der Waals surface area (Å²) in [4.78, 5) is 68.7. The Morgan fingerprint density at radius 1 is 0.365 bits per heavy atom. The number of hydrogen-bond donors (Lipinski definition) is 4. The lowest BCUT2D eigenvalue weighted by Gasteiger charge is -2.09. The van der Waals surface area contributed by atoms with Gasteiger partial charge in [-0.05, 0) is 47.2 Å². The van der Waals surface area contributed by atoms with E-state index in [2.05, 4.69) is 19.9 Å². The fraction of sp³-hybridized carbons (Fsp3) is 0.100. The minimum Gasteiger partial charge on any atom is -0.495 e. The molecule has 7 rings (SSSR count). The third-order valence-corrected chi connectivity index (χ3v) is 8.84. The van der Waals surface area contributed by atoms with Crippen molar-refractivity contribution in [2.45, 2.75) is 0 Å². The molecule has 0 aliphatic rings. The van der Waals surface area contributed by atoms with E-state index >= 15 is 0 Å². The number of para-hydroxylation sites is 2. The lowest BCUT2D eigenvalue weighted by atomic mass is 10.1. The van der Waals surface area contributed by atoms with E-state index in [1.165, 1.54) is 40.6 Å². The third-order valence-electron chi connectivity index (χ3n) is 8.84. The van der Waals surface area contributed by atoms with Gasteiger partial charge in [-0.2, -0.15) is 0 Å². The molecule has 0 atom stereocenters. The Balaban J connectivity index is 1.88. The Hall–Kier alpha value is -7.08. The monoisotopic (exact) mass is 696 g/mol. The molecule has 4 bridgehead atoms. The molecule has 0 unspecified atom stereocenters. The van der Waals surface area contributed by atoms with Crippen molar-refractivity contribution in [3.63, 3.8) is 0 Å². The molecular formula is C40H32N4O8. The van der Waals surface area contributed by atoms with Crippen LogP contribution in [0, 0.1) is 0 Å². The molecule has 4 N–H and O–H groups in total. The van der Waals surface area contributed by atoms with Gasteiger partial charge in [-0.1, -0.05) is 60.7 Å². The number of rotatable bonds is 4. The second kappa shape index (κ2) is 13.7. The van der Waals surface area contributed by atoms with Crippen LogP contribution in [-0.4, -0.2) is 48.4 Å². The molecule has 12 nitrogen and oxygen atoms in total. The summed E-state index contributed by atoms with van der Waals surface area (Å²) in [7, 11) is 5.60. The lowest BCUT2D eigenvalue weighted by Crippen LogP contribution is -2.11. The van der Waals surface area contributed by atoms with Crippen LogP contribution in [0.4, 0.5) is 0 Å². The third kappa shape index (κ3) is 5.71. The number of methoxy groups -OCH3 is 4. The molecule has 0 saturated heterocycles. The number of fused-ring (bicyclic) bond motifs is 10. The first-order valence-corrected chi connectivity index (χ1v) is 16.1. The molecule has 12 heteroatoms. The van der Waals surface area contributed by atoms with Crippen molar-refractivity contribution >= 4 is 65.2 Å². The summed E-state index contributed by atoms with van der Waals surface area (Å²) in [6, 6.07) is 27.1. The van der Waals surface area contributed by atoms with Crippen LogP contribution >= 0.6 is 0 Å². The standard InChI is InChI=1S/C40H32N4O8/c1-49-29-17-9-15-25-31(29)41-39(47)27-19-21-11-5-8-14-24(21)34(35(27)51-3)44-38(46)26-16-10-18-30(50-2)32(26)42-40(48)28-20-22-12-6-7-13-23(22)33(36(28)52-4)43-37(25)45/h5-20H,1-4H3,(H,41,47)(H,42,48)(H,43,45)(H,44,46). The van der Waals surface area contributed by atoms with E-state index in [9.17, 15) is 19.2 Å². The van der Waals surface area contributed by atoms with Gasteiger partial charge in [0.1, 0.15) is 11.5 Å². The summed E-state index contributed by atoms with van der Waals surface area (Å²) in [5.41, 5.74) is -1.97. The van der Waals surface area contributed by atoms with E-state index in [1.807, 2.05) is 0 Å². The molecule has 1 aromatic heterocycles. The number of aromatic amines is 4. The van der Waals surface area contributed by atoms with Gasteiger partial charge in [-0.3, -0.25) is 19.2 Å². The molecule has 0 aliphatic carbocycles. The summed E-state index contributed by atoms with van der Waals surface area (Å²) in [6.45, 7) is 0. The van der Waals surface area contributed by atoms with Gasteiger partial charge in [-0.25, -0.2) is 0 Å². The Kier molecular flexibility index (Phi) is 8.79. The number of hydrogen-bond acceptors (Lipinski definition) is 8. The van der Waals surface area contributed by atoms with E-state index in [0.29, 0.717) is 21.5 Å². The highest BCUT2D eigenvalue weighted by Gasteiger charge is 2.14. The Morgan fingerprint density at radius 2 is 0.712 bits per heavy atom. The zero-order chi connectivity index (χ0) is 36.5. The molecule has 0 amide bonds. The van der Waals surface area contributed by atoms with Gasteiger partial charge in [0.2, 0.25) is 0 Å². The van der Waals surface area contributed by atoms with Crippen LogP contribution in [0.5, 0.6) is 23.0 Å². The van der Waals surface area contributed by atoms with Crippen LogP contribution in [0.2, 0.25) is 0 Å². The molecular weight excluding hydrogens is 664 g/mol. The van der Waals surface area contributed by atoms with Gasteiger partial charge in [0.15, 0.2) is 11.5 Å². The maximum atomic E-state index is 14.3. The largest absolute Gasteiger partial charge is 0.495 e. The van der Waals surface area contributed by atoms with Gasteiger partial charge < -0.3 is 38.9 Å². The maximum absolute atomic E-state index is 14.3. The quantitative estimate of drug-likeness (QED) is 0.169. The average molecular weight is 697 g/mol. The number of nitrogens with one attached hydrogen (secondary N) is 4. The van der Waals surface area contributed by atoms with E-state index in [0.717, 1.165) is 0 Å². The van der Waals surface area contributed by atoms with Crippen molar-refractivity contribution in [2.75, 3.05) is 28.4 Å². The van der Waals surface area contributed by atoms with Gasteiger partial charge >= 0.3 is 0 Å². The average Bonchev–Trinajstić information content (AvgIpc) is 3.17. The molecule has 0 spiro atoms. The second-order valence-corrected chi connectivity index (χ2v) is 11.7. The van der Waals surface area contributed by atoms with Crippen molar-refractivity contribution in [3.05, 3.63) is 138 Å². The molecule has 6 aromatic carbocycles. The van der Waals surface area contributed by atoms with Crippen molar-refractivity contribution in [1.82, 2.24) is 19.9 Å². The van der Waals surface area contributed by atoms with Gasteiger partial charge in [0.25, 0.3) is 22.2 Å². The molecule has 0 fully saturated rings. The number of ether oxygens (including phenoxy) is 4. The fourth-order valence-corrected chi connectivity index (χ4v) is 6.43. The van der Waals surface area contributed by atoms with Crippen molar-refractivity contribution in [2.24, 2.45) is 0 Å². The highest BCUT2D eigenvalue weighted by molar-refractivity contribution is 6.06. The highest BCUT2D eigenvalue weighted by atomic mass is 16.5. The van der Waals surface area contributed by atoms with E-state index < -0.39 is 22.2 Å². The van der Waals surface area contributed by atoms with E-state index in [-0.39, 0.29) is 66.6 Å². The number of aromatic nitrogens is 4. The number of H-pyrrole nitrogens is 4. The van der Waals surface area contributed by atoms with Crippen molar-refractivity contribution in [1.29, 1.82) is 0 Å². The van der Waals surface area contributed by atoms with Crippen LogP contribution in [0.25, 0.3) is 65.2 Å². The zero-order valence-electron chi connectivity index (χ0n) is 28.5. The summed E-state index contributed by atoms with van der Waals surface area (Å²) in [5, 5.41) is 2.64. The second-order valence-electron chi connectivity index (χ2n) is 11.7. The molecule has 0 saturated carbocycles. The summed E-state index contributed by atoms with van der Waals surface area (Å²) < 4.78 is 22.8. The van der Waals surface area contributed by atoms with Crippen LogP contribution in [0.15, 0.2) is 116 Å². The Bertz CT molecular complexity index is 2810. The molecule has 7 aromatic rings. The van der Waals surface area contributed by atoms with Gasteiger partial charge in [0, 0.05) is 10.8 Å². The normalized spacial score (nSPS) is 11.0. The van der Waals surface area contributed by atoms with Crippen LogP contribution in [0.3, 0.4) is 0 Å². The first-order valence-electron chi connectivity index (χ1n) is 16.1. The first kappa shape index (κ1) is 33.4. The van der Waals surface area contributed by atoms with Crippen LogP contribution < -0.4 is 41.2 Å². The molecule has 1 heterocycles. The predicted molar refractivity (Wildman–Crippen MR) is 204 cm³/mol. The van der Waals surface area contributed by atoms with E-state index in [4.69, 9.17) is 18.9 Å². The summed E-state index contributed by atoms with van der Waals surface area (Å²) in [5.74, 6) is 0.538. The van der Waals surface area contributed by atoms with E-state index in [1.54, 1.807) is 84.9 Å². The summed E-state index contributed by atoms with van der Waals surface area (Å²) >= 11 is 0. The van der Waals surface area contributed by atoms with Crippen molar-refractivity contribution in [3.8, 4) is 23.0 Å². The molecule has 0 radical (unpaired) electrons. The Labute approximate surface area is 293 Å². The number of benzene rings is 6. The summed E-state index contributed by atoms with van der Waals surface area (Å²) in [6.07, 6.45) is 0. The minimum atomic E-state index is -0.642. The SMILES string of the molecule is COc1cccc2c(=O)[nH]c3c(OC)c(cc4ccccc43)c(=O)[nH]c3c(OC)cccc3c(=O)[nH]c3c(OC)c(cc4ccccc43)c(=O)[nH]c12.